The first-order chi connectivity index (χ1) is 10.2. The molecular weight excluding hydrogens is 262 g/mol. The molecule has 1 fully saturated rings. The van der Waals surface area contributed by atoms with Crippen molar-refractivity contribution in [2.75, 3.05) is 43.9 Å². The highest BCUT2D eigenvalue weighted by atomic mass is 16.5. The molecule has 1 aliphatic heterocycles. The van der Waals surface area contributed by atoms with Gasteiger partial charge in [-0.1, -0.05) is 13.8 Å². The Bertz CT molecular complexity index is 450. The minimum absolute atomic E-state index is 0.664. The van der Waals surface area contributed by atoms with E-state index in [1.165, 1.54) is 25.1 Å². The molecule has 0 aliphatic carbocycles. The van der Waals surface area contributed by atoms with Crippen LogP contribution in [0.1, 0.15) is 33.1 Å². The summed E-state index contributed by atoms with van der Waals surface area (Å²) in [6, 6.07) is 6.76. The number of likely N-dealkylation sites (tertiary alicyclic amines) is 1. The topological polar surface area (TPSA) is 41.7 Å². The lowest BCUT2D eigenvalue weighted by Crippen LogP contribution is -2.38. The van der Waals surface area contributed by atoms with Gasteiger partial charge in [0.2, 0.25) is 0 Å². The molecule has 0 saturated carbocycles. The maximum Gasteiger partial charge on any atom is 0.144 e. The summed E-state index contributed by atoms with van der Waals surface area (Å²) in [5, 5.41) is 0. The zero-order valence-electron chi connectivity index (χ0n) is 13.6. The summed E-state index contributed by atoms with van der Waals surface area (Å²) in [7, 11) is 2.15. The smallest absolute Gasteiger partial charge is 0.144 e. The van der Waals surface area contributed by atoms with Crippen molar-refractivity contribution in [3.05, 3.63) is 18.2 Å². The lowest BCUT2D eigenvalue weighted by Gasteiger charge is -2.29. The number of likely N-dealkylation sites (N-methyl/N-ethyl adjacent to an activating group) is 2. The number of rotatable bonds is 7. The van der Waals surface area contributed by atoms with Gasteiger partial charge in [0.1, 0.15) is 5.75 Å². The highest BCUT2D eigenvalue weighted by Gasteiger charge is 2.24. The van der Waals surface area contributed by atoms with Crippen molar-refractivity contribution in [2.24, 2.45) is 0 Å². The molecule has 0 bridgehead atoms. The molecule has 4 nitrogen and oxygen atoms in total. The molecule has 1 saturated heterocycles. The van der Waals surface area contributed by atoms with Gasteiger partial charge in [0, 0.05) is 31.4 Å². The Morgan fingerprint density at radius 2 is 2.19 bits per heavy atom. The lowest BCUT2D eigenvalue weighted by atomic mass is 10.2. The zero-order chi connectivity index (χ0) is 15.2. The minimum Gasteiger partial charge on any atom is -0.491 e. The van der Waals surface area contributed by atoms with Gasteiger partial charge in [-0.05, 0) is 44.5 Å². The van der Waals surface area contributed by atoms with Crippen LogP contribution in [-0.2, 0) is 0 Å². The van der Waals surface area contributed by atoms with Crippen LogP contribution < -0.4 is 15.4 Å². The Hall–Kier alpha value is -1.42. The highest BCUT2D eigenvalue weighted by Crippen LogP contribution is 2.28. The van der Waals surface area contributed by atoms with Crippen LogP contribution in [-0.4, -0.2) is 44.2 Å². The van der Waals surface area contributed by atoms with Crippen LogP contribution in [0.3, 0.4) is 0 Å². The van der Waals surface area contributed by atoms with Gasteiger partial charge in [-0.2, -0.15) is 0 Å². The monoisotopic (exact) mass is 291 g/mol. The van der Waals surface area contributed by atoms with E-state index >= 15 is 0 Å². The van der Waals surface area contributed by atoms with Crippen LogP contribution in [0.4, 0.5) is 11.4 Å². The average molecular weight is 291 g/mol. The standard InChI is InChI=1S/C17H29N3O/c1-4-11-21-17-12-14(8-9-16(17)18)19(3)13-15-7-6-10-20(15)5-2/h8-9,12,15H,4-7,10-11,13,18H2,1-3H3. The van der Waals surface area contributed by atoms with E-state index in [2.05, 4.69) is 42.8 Å². The number of nitrogens with zero attached hydrogens (tertiary/aromatic N) is 2. The third-order valence-electron chi connectivity index (χ3n) is 4.29. The molecule has 1 aromatic carbocycles. The Morgan fingerprint density at radius 3 is 2.90 bits per heavy atom. The summed E-state index contributed by atoms with van der Waals surface area (Å²) < 4.78 is 5.73. The van der Waals surface area contributed by atoms with E-state index in [9.17, 15) is 0 Å². The number of anilines is 2. The average Bonchev–Trinajstić information content (AvgIpc) is 2.93. The number of hydrogen-bond donors (Lipinski definition) is 1. The molecule has 2 rings (SSSR count). The maximum absolute atomic E-state index is 5.99. The molecule has 1 aliphatic rings. The fraction of sp³-hybridized carbons (Fsp3) is 0.647. The Morgan fingerprint density at radius 1 is 1.38 bits per heavy atom. The van der Waals surface area contributed by atoms with Gasteiger partial charge in [-0.15, -0.1) is 0 Å². The van der Waals surface area contributed by atoms with Gasteiger partial charge < -0.3 is 15.4 Å². The maximum atomic E-state index is 5.99. The van der Waals surface area contributed by atoms with Crippen LogP contribution >= 0.6 is 0 Å². The second-order valence-corrected chi connectivity index (χ2v) is 5.88. The first kappa shape index (κ1) is 16.0. The van der Waals surface area contributed by atoms with Gasteiger partial charge in [-0.25, -0.2) is 0 Å². The fourth-order valence-corrected chi connectivity index (χ4v) is 3.04. The van der Waals surface area contributed by atoms with Gasteiger partial charge in [0.15, 0.2) is 0 Å². The van der Waals surface area contributed by atoms with Crippen molar-refractivity contribution < 1.29 is 4.74 Å². The number of nitrogen functional groups attached to an aromatic ring is 1. The van der Waals surface area contributed by atoms with Crippen LogP contribution in [0.25, 0.3) is 0 Å². The summed E-state index contributed by atoms with van der Waals surface area (Å²) >= 11 is 0. The van der Waals surface area contributed by atoms with Gasteiger partial charge in [0.05, 0.1) is 12.3 Å². The summed E-state index contributed by atoms with van der Waals surface area (Å²) in [6.07, 6.45) is 3.61. The SMILES string of the molecule is CCCOc1cc(N(C)CC2CCCN2CC)ccc1N. The fourth-order valence-electron chi connectivity index (χ4n) is 3.04. The predicted molar refractivity (Wildman–Crippen MR) is 90.2 cm³/mol. The third-order valence-corrected chi connectivity index (χ3v) is 4.29. The van der Waals surface area contributed by atoms with E-state index in [4.69, 9.17) is 10.5 Å². The van der Waals surface area contributed by atoms with Crippen molar-refractivity contribution in [1.82, 2.24) is 4.90 Å². The number of hydrogen-bond acceptors (Lipinski definition) is 4. The number of ether oxygens (including phenoxy) is 1. The summed E-state index contributed by atoms with van der Waals surface area (Å²) in [4.78, 5) is 4.89. The molecule has 118 valence electrons. The van der Waals surface area contributed by atoms with E-state index in [-0.39, 0.29) is 0 Å². The van der Waals surface area contributed by atoms with E-state index in [0.29, 0.717) is 12.6 Å². The predicted octanol–water partition coefficient (Wildman–Crippen LogP) is 2.98. The van der Waals surface area contributed by atoms with Crippen molar-refractivity contribution >= 4 is 11.4 Å². The third kappa shape index (κ3) is 4.03. The first-order valence-corrected chi connectivity index (χ1v) is 8.13. The quantitative estimate of drug-likeness (QED) is 0.784. The van der Waals surface area contributed by atoms with E-state index in [1.54, 1.807) is 0 Å². The van der Waals surface area contributed by atoms with E-state index < -0.39 is 0 Å². The molecule has 1 heterocycles. The van der Waals surface area contributed by atoms with E-state index in [0.717, 1.165) is 30.9 Å². The normalized spacial score (nSPS) is 18.9. The van der Waals surface area contributed by atoms with Crippen molar-refractivity contribution in [2.45, 2.75) is 39.2 Å². The molecular formula is C17H29N3O. The van der Waals surface area contributed by atoms with E-state index in [1.807, 2.05) is 6.07 Å². The highest BCUT2D eigenvalue weighted by molar-refractivity contribution is 5.62. The van der Waals surface area contributed by atoms with Crippen molar-refractivity contribution in [3.63, 3.8) is 0 Å². The van der Waals surface area contributed by atoms with Crippen LogP contribution in [0.15, 0.2) is 18.2 Å². The Labute approximate surface area is 128 Å². The molecule has 1 atom stereocenters. The molecule has 0 radical (unpaired) electrons. The first-order valence-electron chi connectivity index (χ1n) is 8.13. The molecule has 4 heteroatoms. The molecule has 2 N–H and O–H groups in total. The number of benzene rings is 1. The zero-order valence-corrected chi connectivity index (χ0v) is 13.6. The van der Waals surface area contributed by atoms with Gasteiger partial charge in [0.25, 0.3) is 0 Å². The largest absolute Gasteiger partial charge is 0.491 e. The molecule has 0 spiro atoms. The van der Waals surface area contributed by atoms with Crippen molar-refractivity contribution in [3.8, 4) is 5.75 Å². The van der Waals surface area contributed by atoms with Crippen LogP contribution in [0.2, 0.25) is 0 Å². The van der Waals surface area contributed by atoms with Gasteiger partial charge >= 0.3 is 0 Å². The summed E-state index contributed by atoms with van der Waals surface area (Å²) in [5.74, 6) is 0.806. The molecule has 1 unspecified atom stereocenters. The summed E-state index contributed by atoms with van der Waals surface area (Å²) in [5.41, 5.74) is 7.88. The summed E-state index contributed by atoms with van der Waals surface area (Å²) in [6.45, 7) is 8.51. The van der Waals surface area contributed by atoms with Crippen molar-refractivity contribution in [1.29, 1.82) is 0 Å². The molecule has 1 aromatic rings. The molecule has 21 heavy (non-hydrogen) atoms. The second-order valence-electron chi connectivity index (χ2n) is 5.88. The van der Waals surface area contributed by atoms with Crippen LogP contribution in [0, 0.1) is 0 Å². The second kappa shape index (κ2) is 7.55. The van der Waals surface area contributed by atoms with Crippen LogP contribution in [0.5, 0.6) is 5.75 Å². The molecule has 0 aromatic heterocycles. The van der Waals surface area contributed by atoms with Gasteiger partial charge in [-0.3, -0.25) is 4.90 Å². The minimum atomic E-state index is 0.664. The number of nitrogens with two attached hydrogens (primary N) is 1. The lowest BCUT2D eigenvalue weighted by molar-refractivity contribution is 0.270. The Balaban J connectivity index is 2.03. The Kier molecular flexibility index (Phi) is 5.74. The molecule has 0 amide bonds.